The van der Waals surface area contributed by atoms with Crippen LogP contribution in [-0.2, 0) is 20.4 Å². The zero-order chi connectivity index (χ0) is 31.7. The van der Waals surface area contributed by atoms with Crippen LogP contribution >= 0.6 is 0 Å². The molecule has 4 aromatic rings. The molecule has 0 aromatic heterocycles. The van der Waals surface area contributed by atoms with E-state index in [0.29, 0.717) is 23.3 Å². The molecule has 7 heteroatoms. The second kappa shape index (κ2) is 13.0. The summed E-state index contributed by atoms with van der Waals surface area (Å²) in [6.07, 6.45) is 6.19. The van der Waals surface area contributed by atoms with E-state index in [1.165, 1.54) is 46.8 Å². The number of esters is 1. The Bertz CT molecular complexity index is 1560. The molecule has 0 heterocycles. The van der Waals surface area contributed by atoms with Crippen molar-refractivity contribution in [3.8, 4) is 28.7 Å². The molecule has 0 radical (unpaired) electrons. The van der Waals surface area contributed by atoms with Crippen molar-refractivity contribution >= 4 is 16.9 Å². The van der Waals surface area contributed by atoms with E-state index < -0.39 is 0 Å². The second-order valence-corrected chi connectivity index (χ2v) is 15.0. The minimum absolute atomic E-state index is 0.0894. The highest BCUT2D eigenvalue weighted by atomic mass is 32.2. The summed E-state index contributed by atoms with van der Waals surface area (Å²) in [6, 6.07) is 32.0. The smallest absolute Gasteiger partial charge is 0.344 e. The average molecular weight is 638 g/mol. The number of benzene rings is 4. The number of hydrogen-bond donors (Lipinski definition) is 0. The van der Waals surface area contributed by atoms with Gasteiger partial charge in [0.2, 0.25) is 0 Å². The van der Waals surface area contributed by atoms with Gasteiger partial charge in [-0.15, -0.1) is 0 Å². The van der Waals surface area contributed by atoms with E-state index in [2.05, 4.69) is 43.3 Å². The predicted octanol–water partition coefficient (Wildman–Crippen LogP) is 8.73. The van der Waals surface area contributed by atoms with Gasteiger partial charge in [-0.3, -0.25) is 0 Å². The first-order valence-corrected chi connectivity index (χ1v) is 17.4. The largest absolute Gasteiger partial charge is 0.497 e. The molecule has 0 atom stereocenters. The zero-order valence-corrected chi connectivity index (χ0v) is 27.5. The lowest BCUT2D eigenvalue weighted by molar-refractivity contribution is -0.204. The highest BCUT2D eigenvalue weighted by molar-refractivity contribution is 7.97. The molecule has 8 rings (SSSR count). The fourth-order valence-electron chi connectivity index (χ4n) is 7.92. The van der Waals surface area contributed by atoms with Crippen molar-refractivity contribution in [3.63, 3.8) is 0 Å². The minimum Gasteiger partial charge on any atom is -0.497 e. The first kappa shape index (κ1) is 30.5. The quantitative estimate of drug-likeness (QED) is 0.121. The van der Waals surface area contributed by atoms with E-state index in [0.717, 1.165) is 29.1 Å². The number of rotatable bonds is 11. The highest BCUT2D eigenvalue weighted by Gasteiger charge is 2.57. The van der Waals surface area contributed by atoms with Crippen molar-refractivity contribution in [2.75, 3.05) is 20.8 Å². The lowest BCUT2D eigenvalue weighted by atomic mass is 9.50. The van der Waals surface area contributed by atoms with Crippen molar-refractivity contribution in [2.45, 2.75) is 59.3 Å². The summed E-state index contributed by atoms with van der Waals surface area (Å²) in [7, 11) is 3.03. The van der Waals surface area contributed by atoms with Crippen LogP contribution in [0.25, 0.3) is 0 Å². The number of carbonyl (C=O) groups excluding carboxylic acids is 1. The molecule has 4 fully saturated rings. The van der Waals surface area contributed by atoms with Crippen molar-refractivity contribution in [2.24, 2.45) is 23.7 Å². The van der Waals surface area contributed by atoms with Crippen LogP contribution in [0.5, 0.6) is 28.7 Å². The summed E-state index contributed by atoms with van der Waals surface area (Å²) < 4.78 is 28.9. The predicted molar refractivity (Wildman–Crippen MR) is 178 cm³/mol. The van der Waals surface area contributed by atoms with Crippen molar-refractivity contribution in [3.05, 3.63) is 97.1 Å². The third-order valence-corrected chi connectivity index (χ3v) is 12.4. The topological polar surface area (TPSA) is 63.2 Å². The fraction of sp³-hybridized carbons (Fsp3) is 0.359. The Morgan fingerprint density at radius 1 is 0.609 bits per heavy atom. The van der Waals surface area contributed by atoms with Crippen LogP contribution in [0, 0.1) is 23.7 Å². The van der Waals surface area contributed by atoms with Gasteiger partial charge in [0.15, 0.2) is 21.3 Å². The molecule has 0 N–H and O–H groups in total. The highest BCUT2D eigenvalue weighted by Crippen LogP contribution is 2.59. The molecule has 238 valence electrons. The van der Waals surface area contributed by atoms with Crippen molar-refractivity contribution < 1.29 is 28.5 Å². The lowest BCUT2D eigenvalue weighted by Crippen LogP contribution is -2.58. The van der Waals surface area contributed by atoms with Crippen LogP contribution < -0.4 is 18.9 Å². The fourth-order valence-corrected chi connectivity index (χ4v) is 9.96. The Hall–Kier alpha value is -4.10. The summed E-state index contributed by atoms with van der Waals surface area (Å²) in [5.74, 6) is 6.06. The van der Waals surface area contributed by atoms with Gasteiger partial charge >= 0.3 is 5.97 Å². The van der Waals surface area contributed by atoms with Crippen molar-refractivity contribution in [1.82, 2.24) is 0 Å². The summed E-state index contributed by atoms with van der Waals surface area (Å²) in [5.41, 5.74) is -0.342. The second-order valence-electron chi connectivity index (χ2n) is 13.0. The molecule has 4 aliphatic carbocycles. The maximum absolute atomic E-state index is 12.9. The SMILES string of the molecule is COc1ccc([S+](c2ccc(OC)cc2)c2ccc(Oc3ccc(OCC(=O)OC4(C)C5CC6CC(C5)CC4C6)cc3)cc2)cc1. The van der Waals surface area contributed by atoms with Gasteiger partial charge in [-0.2, -0.15) is 0 Å². The van der Waals surface area contributed by atoms with Gasteiger partial charge in [0.1, 0.15) is 34.3 Å². The molecule has 4 saturated carbocycles. The number of hydrogen-bond acceptors (Lipinski definition) is 6. The number of carbonyl (C=O) groups is 1. The van der Waals surface area contributed by atoms with E-state index in [9.17, 15) is 4.79 Å². The third-order valence-electron chi connectivity index (χ3n) is 10.2. The molecule has 0 unspecified atom stereocenters. The summed E-state index contributed by atoms with van der Waals surface area (Å²) in [4.78, 5) is 16.4. The van der Waals surface area contributed by atoms with Gasteiger partial charge in [0, 0.05) is 0 Å². The van der Waals surface area contributed by atoms with Crippen LogP contribution in [0.15, 0.2) is 112 Å². The van der Waals surface area contributed by atoms with Gasteiger partial charge in [0.05, 0.1) is 25.1 Å². The first-order valence-electron chi connectivity index (χ1n) is 16.1. The maximum Gasteiger partial charge on any atom is 0.344 e. The minimum atomic E-state index is -0.342. The number of ether oxygens (including phenoxy) is 5. The van der Waals surface area contributed by atoms with Gasteiger partial charge < -0.3 is 23.7 Å². The Morgan fingerprint density at radius 3 is 1.43 bits per heavy atom. The maximum atomic E-state index is 12.9. The van der Waals surface area contributed by atoms with E-state index in [-0.39, 0.29) is 29.1 Å². The van der Waals surface area contributed by atoms with Gasteiger partial charge in [0.25, 0.3) is 0 Å². The van der Waals surface area contributed by atoms with E-state index in [1.807, 2.05) is 60.7 Å². The van der Waals surface area contributed by atoms with Crippen molar-refractivity contribution in [1.29, 1.82) is 0 Å². The van der Waals surface area contributed by atoms with Crippen LogP contribution in [-0.4, -0.2) is 32.4 Å². The molecule has 0 amide bonds. The van der Waals surface area contributed by atoms with Gasteiger partial charge in [-0.05, 0) is 160 Å². The average Bonchev–Trinajstić information content (AvgIpc) is 3.08. The molecule has 46 heavy (non-hydrogen) atoms. The van der Waals surface area contributed by atoms with Gasteiger partial charge in [-0.25, -0.2) is 4.79 Å². The molecule has 6 nitrogen and oxygen atoms in total. The van der Waals surface area contributed by atoms with Crippen LogP contribution in [0.3, 0.4) is 0 Å². The summed E-state index contributed by atoms with van der Waals surface area (Å²) in [5, 5.41) is 0. The summed E-state index contributed by atoms with van der Waals surface area (Å²) in [6.45, 7) is 2.07. The normalized spacial score (nSPS) is 24.4. The van der Waals surface area contributed by atoms with E-state index >= 15 is 0 Å². The van der Waals surface area contributed by atoms with Gasteiger partial charge in [-0.1, -0.05) is 0 Å². The third kappa shape index (κ3) is 6.30. The van der Waals surface area contributed by atoms with E-state index in [4.69, 9.17) is 23.7 Å². The molecular formula is C39H41O6S+. The monoisotopic (exact) mass is 637 g/mol. The molecule has 0 aliphatic heterocycles. The zero-order valence-electron chi connectivity index (χ0n) is 26.6. The Balaban J connectivity index is 0.973. The molecular weight excluding hydrogens is 596 g/mol. The molecule has 4 aromatic carbocycles. The molecule has 4 aliphatic rings. The van der Waals surface area contributed by atoms with E-state index in [1.54, 1.807) is 14.2 Å². The molecule has 0 saturated heterocycles. The first-order chi connectivity index (χ1) is 22.4. The summed E-state index contributed by atoms with van der Waals surface area (Å²) >= 11 is 0. The Kier molecular flexibility index (Phi) is 8.60. The Morgan fingerprint density at radius 2 is 1.00 bits per heavy atom. The standard InChI is InChI=1S/C39H41O6S/c1-39(28-21-26-20-27(23-28)24-29(39)22-26)45-38(40)25-43-32-4-6-33(7-5-32)44-34-12-18-37(19-13-34)46(35-14-8-30(41-2)9-15-35)36-16-10-31(42-3)11-17-36/h4-19,26-29H,20-25H2,1-3H3/q+1. The Labute approximate surface area is 274 Å². The number of methoxy groups -OCH3 is 2. The van der Waals surface area contributed by atoms with Crippen LogP contribution in [0.1, 0.15) is 39.0 Å². The van der Waals surface area contributed by atoms with Crippen LogP contribution in [0.2, 0.25) is 0 Å². The molecule has 0 spiro atoms. The molecule has 4 bridgehead atoms. The van der Waals surface area contributed by atoms with Crippen LogP contribution in [0.4, 0.5) is 0 Å². The lowest BCUT2D eigenvalue weighted by Gasteiger charge is -2.59.